The zero-order valence-electron chi connectivity index (χ0n) is 15.4. The van der Waals surface area contributed by atoms with E-state index in [1.807, 2.05) is 44.7 Å². The summed E-state index contributed by atoms with van der Waals surface area (Å²) in [7, 11) is -3.24. The molecule has 1 aliphatic rings. The molecule has 1 heterocycles. The summed E-state index contributed by atoms with van der Waals surface area (Å²) in [5, 5.41) is -0.149. The molecule has 140 valence electrons. The Morgan fingerprint density at radius 2 is 1.84 bits per heavy atom. The van der Waals surface area contributed by atoms with Crippen LogP contribution in [0.5, 0.6) is 0 Å². The second kappa shape index (κ2) is 8.56. The van der Waals surface area contributed by atoms with Crippen LogP contribution in [0.25, 0.3) is 0 Å². The van der Waals surface area contributed by atoms with Gasteiger partial charge < -0.3 is 4.90 Å². The van der Waals surface area contributed by atoms with E-state index in [0.717, 1.165) is 5.56 Å². The third kappa shape index (κ3) is 4.77. The van der Waals surface area contributed by atoms with Gasteiger partial charge in [-0.15, -0.1) is 11.8 Å². The van der Waals surface area contributed by atoms with E-state index in [9.17, 15) is 13.2 Å². The van der Waals surface area contributed by atoms with E-state index < -0.39 is 10.0 Å². The Balaban J connectivity index is 2.14. The lowest BCUT2D eigenvalue weighted by Gasteiger charge is -2.28. The summed E-state index contributed by atoms with van der Waals surface area (Å²) in [4.78, 5) is 14.4. The normalized spacial score (nSPS) is 21.3. The summed E-state index contributed by atoms with van der Waals surface area (Å²) in [6.07, 6.45) is 0.598. The minimum absolute atomic E-state index is 0.0457. The smallest absolute Gasteiger partial charge is 0.236 e. The van der Waals surface area contributed by atoms with Crippen molar-refractivity contribution in [3.8, 4) is 0 Å². The number of thioether (sulfide) groups is 1. The maximum absolute atomic E-state index is 12.6. The van der Waals surface area contributed by atoms with Crippen LogP contribution in [0.3, 0.4) is 0 Å². The van der Waals surface area contributed by atoms with Crippen molar-refractivity contribution in [2.45, 2.75) is 44.7 Å². The van der Waals surface area contributed by atoms with E-state index in [2.05, 4.69) is 12.1 Å². The Morgan fingerprint density at radius 1 is 1.20 bits per heavy atom. The van der Waals surface area contributed by atoms with Gasteiger partial charge in [-0.05, 0) is 25.8 Å². The SMILES string of the molecule is CCCS(=O)(=O)N(CC)CCN1C(=O)[C@@H](C)S[C@H]1c1ccc(C)cc1. The molecular weight excluding hydrogens is 356 g/mol. The predicted octanol–water partition coefficient (Wildman–Crippen LogP) is 3.02. The first kappa shape index (κ1) is 20.3. The molecule has 0 bridgehead atoms. The average molecular weight is 385 g/mol. The number of rotatable bonds is 8. The van der Waals surface area contributed by atoms with E-state index in [-0.39, 0.29) is 22.3 Å². The van der Waals surface area contributed by atoms with Crippen LogP contribution in [0, 0.1) is 6.92 Å². The van der Waals surface area contributed by atoms with E-state index in [0.29, 0.717) is 26.1 Å². The maximum Gasteiger partial charge on any atom is 0.236 e. The molecule has 0 N–H and O–H groups in total. The standard InChI is InChI=1S/C18H28N2O3S2/c1-5-13-25(22,23)19(6-2)11-12-20-17(21)15(4)24-18(20)16-9-7-14(3)8-10-16/h7-10,15,18H,5-6,11-13H2,1-4H3/t15-,18+/m1/s1. The molecule has 2 atom stereocenters. The number of hydrogen-bond donors (Lipinski definition) is 0. The Bertz CT molecular complexity index is 689. The summed E-state index contributed by atoms with van der Waals surface area (Å²) in [5.41, 5.74) is 2.27. The van der Waals surface area contributed by atoms with Gasteiger partial charge in [-0.25, -0.2) is 12.7 Å². The van der Waals surface area contributed by atoms with E-state index >= 15 is 0 Å². The fraction of sp³-hybridized carbons (Fsp3) is 0.611. The van der Waals surface area contributed by atoms with Crippen molar-refractivity contribution in [3.05, 3.63) is 35.4 Å². The van der Waals surface area contributed by atoms with Gasteiger partial charge in [-0.2, -0.15) is 0 Å². The molecule has 0 unspecified atom stereocenters. The van der Waals surface area contributed by atoms with Crippen molar-refractivity contribution < 1.29 is 13.2 Å². The van der Waals surface area contributed by atoms with Gasteiger partial charge in [0.15, 0.2) is 0 Å². The molecule has 1 aliphatic heterocycles. The Hall–Kier alpha value is -1.05. The third-order valence-corrected chi connectivity index (χ3v) is 7.95. The fourth-order valence-electron chi connectivity index (χ4n) is 2.99. The quantitative estimate of drug-likeness (QED) is 0.691. The topological polar surface area (TPSA) is 57.7 Å². The molecule has 0 spiro atoms. The molecule has 5 nitrogen and oxygen atoms in total. The van der Waals surface area contributed by atoms with Gasteiger partial charge in [0.05, 0.1) is 11.0 Å². The van der Waals surface area contributed by atoms with Crippen LogP contribution in [0.15, 0.2) is 24.3 Å². The van der Waals surface area contributed by atoms with Crippen molar-refractivity contribution in [1.82, 2.24) is 9.21 Å². The maximum atomic E-state index is 12.6. The number of likely N-dealkylation sites (N-methyl/N-ethyl adjacent to an activating group) is 1. The Kier molecular flexibility index (Phi) is 6.93. The summed E-state index contributed by atoms with van der Waals surface area (Å²) in [5.74, 6) is 0.237. The highest BCUT2D eigenvalue weighted by Gasteiger charge is 2.38. The van der Waals surface area contributed by atoms with Gasteiger partial charge in [0.25, 0.3) is 0 Å². The zero-order valence-corrected chi connectivity index (χ0v) is 17.1. The van der Waals surface area contributed by atoms with Crippen LogP contribution < -0.4 is 0 Å². The van der Waals surface area contributed by atoms with E-state index in [1.165, 1.54) is 9.87 Å². The van der Waals surface area contributed by atoms with Gasteiger partial charge >= 0.3 is 0 Å². The van der Waals surface area contributed by atoms with Crippen molar-refractivity contribution in [2.24, 2.45) is 0 Å². The second-order valence-electron chi connectivity index (χ2n) is 6.38. The Labute approximate surface area is 155 Å². The van der Waals surface area contributed by atoms with Crippen LogP contribution in [-0.2, 0) is 14.8 Å². The summed E-state index contributed by atoms with van der Waals surface area (Å²) >= 11 is 1.63. The second-order valence-corrected chi connectivity index (χ2v) is 9.89. The number of sulfonamides is 1. The highest BCUT2D eigenvalue weighted by Crippen LogP contribution is 2.42. The molecule has 25 heavy (non-hydrogen) atoms. The number of nitrogens with zero attached hydrogens (tertiary/aromatic N) is 2. The highest BCUT2D eigenvalue weighted by molar-refractivity contribution is 8.01. The molecule has 0 aliphatic carbocycles. The van der Waals surface area contributed by atoms with Crippen LogP contribution in [0.4, 0.5) is 0 Å². The number of benzene rings is 1. The molecule has 0 radical (unpaired) electrons. The fourth-order valence-corrected chi connectivity index (χ4v) is 5.83. The molecule has 1 saturated heterocycles. The first-order chi connectivity index (χ1) is 11.8. The van der Waals surface area contributed by atoms with Crippen LogP contribution >= 0.6 is 11.8 Å². The number of carbonyl (C=O) groups is 1. The summed E-state index contributed by atoms with van der Waals surface area (Å²) < 4.78 is 26.1. The van der Waals surface area contributed by atoms with Gasteiger partial charge in [-0.1, -0.05) is 43.7 Å². The summed E-state index contributed by atoms with van der Waals surface area (Å²) in [6, 6.07) is 8.20. The third-order valence-electron chi connectivity index (χ3n) is 4.41. The van der Waals surface area contributed by atoms with Crippen LogP contribution in [0.2, 0.25) is 0 Å². The van der Waals surface area contributed by atoms with Crippen LogP contribution in [-0.4, -0.2) is 54.2 Å². The molecule has 1 aromatic carbocycles. The monoisotopic (exact) mass is 384 g/mol. The first-order valence-electron chi connectivity index (χ1n) is 8.80. The summed E-state index contributed by atoms with van der Waals surface area (Å²) in [6.45, 7) is 8.86. The largest absolute Gasteiger partial charge is 0.324 e. The van der Waals surface area contributed by atoms with Crippen molar-refractivity contribution >= 4 is 27.7 Å². The molecule has 7 heteroatoms. The van der Waals surface area contributed by atoms with Crippen molar-refractivity contribution in [3.63, 3.8) is 0 Å². The molecule has 2 rings (SSSR count). The number of amides is 1. The van der Waals surface area contributed by atoms with Gasteiger partial charge in [-0.3, -0.25) is 4.79 Å². The van der Waals surface area contributed by atoms with Gasteiger partial charge in [0, 0.05) is 19.6 Å². The first-order valence-corrected chi connectivity index (χ1v) is 11.4. The lowest BCUT2D eigenvalue weighted by molar-refractivity contribution is -0.129. The minimum Gasteiger partial charge on any atom is -0.324 e. The lowest BCUT2D eigenvalue weighted by atomic mass is 10.1. The minimum atomic E-state index is -3.24. The number of hydrogen-bond acceptors (Lipinski definition) is 4. The van der Waals surface area contributed by atoms with E-state index in [4.69, 9.17) is 0 Å². The average Bonchev–Trinajstić information content (AvgIpc) is 2.84. The highest BCUT2D eigenvalue weighted by atomic mass is 32.2. The van der Waals surface area contributed by atoms with Crippen molar-refractivity contribution in [1.29, 1.82) is 0 Å². The van der Waals surface area contributed by atoms with E-state index in [1.54, 1.807) is 11.8 Å². The molecular formula is C18H28N2O3S2. The molecule has 1 aromatic rings. The van der Waals surface area contributed by atoms with Gasteiger partial charge in [0.1, 0.15) is 5.37 Å². The lowest BCUT2D eigenvalue weighted by Crippen LogP contribution is -2.41. The molecule has 0 aromatic heterocycles. The zero-order chi connectivity index (χ0) is 18.6. The predicted molar refractivity (Wildman–Crippen MR) is 104 cm³/mol. The van der Waals surface area contributed by atoms with Crippen LogP contribution in [0.1, 0.15) is 43.7 Å². The molecule has 1 fully saturated rings. The van der Waals surface area contributed by atoms with Gasteiger partial charge in [0.2, 0.25) is 15.9 Å². The molecule has 1 amide bonds. The number of carbonyl (C=O) groups excluding carboxylic acids is 1. The Morgan fingerprint density at radius 3 is 2.40 bits per heavy atom. The van der Waals surface area contributed by atoms with Crippen molar-refractivity contribution in [2.75, 3.05) is 25.4 Å². The number of aryl methyl sites for hydroxylation is 1. The molecule has 0 saturated carbocycles.